The molecule has 2 aromatic heterocycles. The van der Waals surface area contributed by atoms with Crippen molar-refractivity contribution in [1.82, 2.24) is 20.3 Å². The van der Waals surface area contributed by atoms with Gasteiger partial charge in [0, 0.05) is 6.54 Å². The Morgan fingerprint density at radius 3 is 2.75 bits per heavy atom. The largest absolute Gasteiger partial charge is 0.311 e. The van der Waals surface area contributed by atoms with Gasteiger partial charge in [0.05, 0.1) is 16.6 Å². The SMILES string of the molecule is CC(C)CCNCc1cccc(-c2nc3ccccc3c(=O)[nH]2)n1. The van der Waals surface area contributed by atoms with Crippen LogP contribution in [-0.2, 0) is 6.54 Å². The highest BCUT2D eigenvalue weighted by Gasteiger charge is 2.07. The Balaban J connectivity index is 1.82. The fourth-order valence-electron chi connectivity index (χ4n) is 2.52. The van der Waals surface area contributed by atoms with Gasteiger partial charge in [-0.05, 0) is 43.1 Å². The summed E-state index contributed by atoms with van der Waals surface area (Å²) in [6, 6.07) is 13.1. The molecule has 0 spiro atoms. The highest BCUT2D eigenvalue weighted by Crippen LogP contribution is 2.14. The second kappa shape index (κ2) is 7.36. The molecule has 124 valence electrons. The second-order valence-corrected chi connectivity index (χ2v) is 6.31. The predicted octanol–water partition coefficient (Wildman–Crippen LogP) is 3.12. The molecule has 0 unspecified atom stereocenters. The van der Waals surface area contributed by atoms with Crippen molar-refractivity contribution in [1.29, 1.82) is 0 Å². The van der Waals surface area contributed by atoms with Gasteiger partial charge in [-0.2, -0.15) is 0 Å². The molecule has 2 heterocycles. The molecule has 5 heteroatoms. The molecule has 0 saturated heterocycles. The maximum Gasteiger partial charge on any atom is 0.259 e. The maximum absolute atomic E-state index is 12.2. The van der Waals surface area contributed by atoms with Gasteiger partial charge in [-0.3, -0.25) is 4.79 Å². The van der Waals surface area contributed by atoms with E-state index in [2.05, 4.69) is 34.1 Å². The first-order valence-corrected chi connectivity index (χ1v) is 8.29. The number of benzene rings is 1. The Bertz CT molecular complexity index is 886. The summed E-state index contributed by atoms with van der Waals surface area (Å²) in [5.74, 6) is 1.19. The third-order valence-corrected chi connectivity index (χ3v) is 3.87. The predicted molar refractivity (Wildman–Crippen MR) is 96.8 cm³/mol. The zero-order valence-corrected chi connectivity index (χ0v) is 14.0. The Kier molecular flexibility index (Phi) is 5.01. The minimum Gasteiger partial charge on any atom is -0.311 e. The number of hydrogen-bond donors (Lipinski definition) is 2. The van der Waals surface area contributed by atoms with Gasteiger partial charge in [0.2, 0.25) is 0 Å². The second-order valence-electron chi connectivity index (χ2n) is 6.31. The topological polar surface area (TPSA) is 70.7 Å². The maximum atomic E-state index is 12.2. The van der Waals surface area contributed by atoms with Crippen LogP contribution in [0.1, 0.15) is 26.0 Å². The number of aromatic amines is 1. The lowest BCUT2D eigenvalue weighted by atomic mass is 10.1. The van der Waals surface area contributed by atoms with E-state index in [0.29, 0.717) is 34.9 Å². The lowest BCUT2D eigenvalue weighted by Crippen LogP contribution is -2.17. The summed E-state index contributed by atoms with van der Waals surface area (Å²) in [7, 11) is 0. The molecule has 0 radical (unpaired) electrons. The van der Waals surface area contributed by atoms with Crippen LogP contribution < -0.4 is 10.9 Å². The zero-order chi connectivity index (χ0) is 16.9. The van der Waals surface area contributed by atoms with Crippen LogP contribution in [0.2, 0.25) is 0 Å². The van der Waals surface area contributed by atoms with E-state index in [9.17, 15) is 4.79 Å². The van der Waals surface area contributed by atoms with E-state index >= 15 is 0 Å². The number of aromatic nitrogens is 3. The quantitative estimate of drug-likeness (QED) is 0.684. The molecule has 0 amide bonds. The third-order valence-electron chi connectivity index (χ3n) is 3.87. The number of nitrogens with zero attached hydrogens (tertiary/aromatic N) is 2. The molecule has 3 rings (SSSR count). The van der Waals surface area contributed by atoms with Crippen molar-refractivity contribution >= 4 is 10.9 Å². The summed E-state index contributed by atoms with van der Waals surface area (Å²) >= 11 is 0. The number of hydrogen-bond acceptors (Lipinski definition) is 4. The Morgan fingerprint density at radius 2 is 1.92 bits per heavy atom. The molecule has 0 saturated carbocycles. The molecule has 0 aliphatic carbocycles. The van der Waals surface area contributed by atoms with Crippen molar-refractivity contribution in [2.45, 2.75) is 26.8 Å². The standard InChI is InChI=1S/C19H22N4O/c1-13(2)10-11-20-12-14-6-5-9-17(21-14)18-22-16-8-4-3-7-15(16)19(24)23-18/h3-9,13,20H,10-12H2,1-2H3,(H,22,23,24). The number of rotatable bonds is 6. The average molecular weight is 322 g/mol. The molecule has 0 atom stereocenters. The van der Waals surface area contributed by atoms with Crippen molar-refractivity contribution in [3.8, 4) is 11.5 Å². The molecule has 0 fully saturated rings. The van der Waals surface area contributed by atoms with Crippen LogP contribution in [0.4, 0.5) is 0 Å². The number of nitrogens with one attached hydrogen (secondary N) is 2. The third kappa shape index (κ3) is 3.86. The Morgan fingerprint density at radius 1 is 1.08 bits per heavy atom. The highest BCUT2D eigenvalue weighted by molar-refractivity contribution is 5.78. The van der Waals surface area contributed by atoms with Crippen LogP contribution in [0.3, 0.4) is 0 Å². The van der Waals surface area contributed by atoms with E-state index in [1.807, 2.05) is 36.4 Å². The van der Waals surface area contributed by atoms with E-state index < -0.39 is 0 Å². The molecular formula is C19H22N4O. The molecule has 5 nitrogen and oxygen atoms in total. The normalized spacial score (nSPS) is 11.3. The smallest absolute Gasteiger partial charge is 0.259 e. The van der Waals surface area contributed by atoms with Crippen LogP contribution in [0, 0.1) is 5.92 Å². The molecule has 1 aromatic carbocycles. The van der Waals surface area contributed by atoms with E-state index in [4.69, 9.17) is 0 Å². The minimum absolute atomic E-state index is 0.141. The van der Waals surface area contributed by atoms with Gasteiger partial charge in [0.15, 0.2) is 5.82 Å². The summed E-state index contributed by atoms with van der Waals surface area (Å²) < 4.78 is 0. The van der Waals surface area contributed by atoms with Crippen molar-refractivity contribution < 1.29 is 0 Å². The lowest BCUT2D eigenvalue weighted by Gasteiger charge is -2.08. The van der Waals surface area contributed by atoms with Crippen LogP contribution in [-0.4, -0.2) is 21.5 Å². The molecule has 0 bridgehead atoms. The Hall–Kier alpha value is -2.53. The number of pyridine rings is 1. The van der Waals surface area contributed by atoms with Crippen LogP contribution in [0.25, 0.3) is 22.4 Å². The summed E-state index contributed by atoms with van der Waals surface area (Å²) in [4.78, 5) is 24.2. The van der Waals surface area contributed by atoms with Gasteiger partial charge >= 0.3 is 0 Å². The van der Waals surface area contributed by atoms with Gasteiger partial charge in [-0.15, -0.1) is 0 Å². The summed E-state index contributed by atoms with van der Waals surface area (Å²) in [5, 5.41) is 3.99. The lowest BCUT2D eigenvalue weighted by molar-refractivity contribution is 0.535. The molecule has 0 aliphatic heterocycles. The molecule has 24 heavy (non-hydrogen) atoms. The van der Waals surface area contributed by atoms with Crippen molar-refractivity contribution in [3.05, 3.63) is 58.5 Å². The minimum atomic E-state index is -0.141. The fourth-order valence-corrected chi connectivity index (χ4v) is 2.52. The number of para-hydroxylation sites is 1. The molecular weight excluding hydrogens is 300 g/mol. The summed E-state index contributed by atoms with van der Waals surface area (Å²) in [6.45, 7) is 6.09. The van der Waals surface area contributed by atoms with Gasteiger partial charge in [-0.1, -0.05) is 32.0 Å². The first-order chi connectivity index (χ1) is 11.6. The van der Waals surface area contributed by atoms with Gasteiger partial charge in [-0.25, -0.2) is 9.97 Å². The average Bonchev–Trinajstić information content (AvgIpc) is 2.59. The van der Waals surface area contributed by atoms with E-state index in [0.717, 1.165) is 18.7 Å². The van der Waals surface area contributed by atoms with Crippen molar-refractivity contribution in [2.24, 2.45) is 5.92 Å². The fraction of sp³-hybridized carbons (Fsp3) is 0.316. The van der Waals surface area contributed by atoms with Crippen LogP contribution >= 0.6 is 0 Å². The Labute approximate surface area is 141 Å². The molecule has 3 aromatic rings. The van der Waals surface area contributed by atoms with E-state index in [1.165, 1.54) is 0 Å². The van der Waals surface area contributed by atoms with Gasteiger partial charge < -0.3 is 10.3 Å². The first kappa shape index (κ1) is 16.3. The first-order valence-electron chi connectivity index (χ1n) is 8.29. The van der Waals surface area contributed by atoms with Crippen molar-refractivity contribution in [2.75, 3.05) is 6.54 Å². The van der Waals surface area contributed by atoms with Crippen molar-refractivity contribution in [3.63, 3.8) is 0 Å². The molecule has 2 N–H and O–H groups in total. The van der Waals surface area contributed by atoms with E-state index in [-0.39, 0.29) is 5.56 Å². The summed E-state index contributed by atoms with van der Waals surface area (Å²) in [6.07, 6.45) is 1.14. The molecule has 0 aliphatic rings. The highest BCUT2D eigenvalue weighted by atomic mass is 16.1. The van der Waals surface area contributed by atoms with Gasteiger partial charge in [0.1, 0.15) is 5.69 Å². The van der Waals surface area contributed by atoms with Gasteiger partial charge in [0.25, 0.3) is 5.56 Å². The van der Waals surface area contributed by atoms with Crippen LogP contribution in [0.15, 0.2) is 47.3 Å². The summed E-state index contributed by atoms with van der Waals surface area (Å²) in [5.41, 5.74) is 2.16. The van der Waals surface area contributed by atoms with E-state index in [1.54, 1.807) is 6.07 Å². The number of H-pyrrole nitrogens is 1. The van der Waals surface area contributed by atoms with Crippen LogP contribution in [0.5, 0.6) is 0 Å². The monoisotopic (exact) mass is 322 g/mol. The zero-order valence-electron chi connectivity index (χ0n) is 14.0. The number of fused-ring (bicyclic) bond motifs is 1.